The Hall–Kier alpha value is -2.59. The van der Waals surface area contributed by atoms with E-state index in [1.54, 1.807) is 23.8 Å². The normalized spacial score (nSPS) is 21.3. The molecule has 8 nitrogen and oxygen atoms in total. The zero-order chi connectivity index (χ0) is 24.8. The number of anilines is 1. The van der Waals surface area contributed by atoms with Crippen LogP contribution in [0.5, 0.6) is 5.75 Å². The number of fused-ring (bicyclic) bond motifs is 1. The fourth-order valence-electron chi connectivity index (χ4n) is 4.56. The third kappa shape index (κ3) is 6.16. The largest absolute Gasteiger partial charge is 0.497 e. The van der Waals surface area contributed by atoms with Crippen molar-refractivity contribution >= 4 is 29.3 Å². The molecule has 0 bridgehead atoms. The van der Waals surface area contributed by atoms with E-state index < -0.39 is 12.1 Å². The number of carbonyl (C=O) groups excluding carboxylic acids is 2. The number of β-amino-alcohol motifs (C(OH)–C–C–N with tert-alkyl or cyclic N) is 1. The van der Waals surface area contributed by atoms with E-state index in [1.165, 1.54) is 6.92 Å². The smallest absolute Gasteiger partial charge is 0.303 e. The van der Waals surface area contributed by atoms with Crippen LogP contribution < -0.4 is 9.64 Å². The molecule has 1 amide bonds. The van der Waals surface area contributed by atoms with Gasteiger partial charge < -0.3 is 19.5 Å². The summed E-state index contributed by atoms with van der Waals surface area (Å²) in [4.78, 5) is 33.3. The van der Waals surface area contributed by atoms with Gasteiger partial charge in [-0.15, -0.1) is 11.8 Å². The molecule has 0 saturated carbocycles. The Labute approximate surface area is 210 Å². The van der Waals surface area contributed by atoms with Crippen molar-refractivity contribution in [2.45, 2.75) is 23.2 Å². The van der Waals surface area contributed by atoms with Gasteiger partial charge in [0.15, 0.2) is 6.10 Å². The molecule has 0 radical (unpaired) electrons. The van der Waals surface area contributed by atoms with Crippen molar-refractivity contribution in [1.29, 1.82) is 0 Å². The summed E-state index contributed by atoms with van der Waals surface area (Å²) in [5, 5.41) is 8.80. The standard InChI is InChI=1S/C26H33N3O5S/c1-19(31)34-24-25(20-7-9-21(33-2)10-8-20)35-23-6-4-3-5-22(23)29(26(24)32)16-15-27-11-13-28(14-12-27)17-18-30/h3-10,24-25,30H,11-18H2,1-2H3/t24-,25+/m1/s1. The molecule has 4 rings (SSSR count). The Balaban J connectivity index is 1.59. The average Bonchev–Trinajstić information content (AvgIpc) is 2.98. The second-order valence-electron chi connectivity index (χ2n) is 8.71. The number of aliphatic hydroxyl groups excluding tert-OH is 1. The molecule has 2 aliphatic rings. The van der Waals surface area contributed by atoms with Gasteiger partial charge in [0, 0.05) is 57.6 Å². The number of thioether (sulfide) groups is 1. The van der Waals surface area contributed by atoms with Crippen LogP contribution in [-0.4, -0.2) is 92.4 Å². The van der Waals surface area contributed by atoms with E-state index in [1.807, 2.05) is 48.5 Å². The number of methoxy groups -OCH3 is 1. The molecule has 2 heterocycles. The van der Waals surface area contributed by atoms with E-state index in [0.29, 0.717) is 13.1 Å². The number of carbonyl (C=O) groups is 2. The van der Waals surface area contributed by atoms with Crippen LogP contribution in [0.15, 0.2) is 53.4 Å². The Morgan fingerprint density at radius 2 is 1.66 bits per heavy atom. The number of aliphatic hydroxyl groups is 1. The zero-order valence-electron chi connectivity index (χ0n) is 20.3. The summed E-state index contributed by atoms with van der Waals surface area (Å²) in [6.45, 7) is 7.01. The molecule has 2 atom stereocenters. The van der Waals surface area contributed by atoms with Crippen molar-refractivity contribution in [1.82, 2.24) is 9.80 Å². The van der Waals surface area contributed by atoms with E-state index in [9.17, 15) is 14.7 Å². The van der Waals surface area contributed by atoms with Crippen LogP contribution in [0.4, 0.5) is 5.69 Å². The van der Waals surface area contributed by atoms with Crippen molar-refractivity contribution in [2.75, 3.05) is 64.4 Å². The van der Waals surface area contributed by atoms with Crippen molar-refractivity contribution < 1.29 is 24.2 Å². The van der Waals surface area contributed by atoms with E-state index in [-0.39, 0.29) is 17.8 Å². The van der Waals surface area contributed by atoms with Gasteiger partial charge in [-0.2, -0.15) is 0 Å². The summed E-state index contributed by atoms with van der Waals surface area (Å²) in [5.41, 5.74) is 1.74. The highest BCUT2D eigenvalue weighted by molar-refractivity contribution is 7.99. The van der Waals surface area contributed by atoms with Crippen LogP contribution in [0.2, 0.25) is 0 Å². The van der Waals surface area contributed by atoms with Crippen molar-refractivity contribution in [3.05, 3.63) is 54.1 Å². The predicted octanol–water partition coefficient (Wildman–Crippen LogP) is 2.42. The number of ether oxygens (including phenoxy) is 2. The minimum Gasteiger partial charge on any atom is -0.497 e. The van der Waals surface area contributed by atoms with Gasteiger partial charge in [0.05, 0.1) is 24.7 Å². The number of nitrogens with zero attached hydrogens (tertiary/aromatic N) is 3. The zero-order valence-corrected chi connectivity index (χ0v) is 21.1. The first-order chi connectivity index (χ1) is 17.0. The van der Waals surface area contributed by atoms with E-state index in [2.05, 4.69) is 9.80 Å². The number of amides is 1. The van der Waals surface area contributed by atoms with Gasteiger partial charge in [0.25, 0.3) is 5.91 Å². The lowest BCUT2D eigenvalue weighted by molar-refractivity contribution is -0.152. The maximum absolute atomic E-state index is 13.9. The number of rotatable bonds is 8. The molecule has 35 heavy (non-hydrogen) atoms. The first kappa shape index (κ1) is 25.5. The van der Waals surface area contributed by atoms with Gasteiger partial charge in [-0.1, -0.05) is 24.3 Å². The van der Waals surface area contributed by atoms with Gasteiger partial charge in [-0.25, -0.2) is 0 Å². The highest BCUT2D eigenvalue weighted by Crippen LogP contribution is 2.46. The lowest BCUT2D eigenvalue weighted by Crippen LogP contribution is -2.50. The van der Waals surface area contributed by atoms with Gasteiger partial charge in [-0.3, -0.25) is 19.4 Å². The Bertz CT molecular complexity index is 1010. The number of para-hydroxylation sites is 1. The number of hydrogen-bond acceptors (Lipinski definition) is 8. The van der Waals surface area contributed by atoms with Gasteiger partial charge in [0.1, 0.15) is 5.75 Å². The highest BCUT2D eigenvalue weighted by Gasteiger charge is 2.40. The molecule has 188 valence electrons. The second-order valence-corrected chi connectivity index (χ2v) is 9.89. The van der Waals surface area contributed by atoms with Gasteiger partial charge >= 0.3 is 5.97 Å². The summed E-state index contributed by atoms with van der Waals surface area (Å²) >= 11 is 1.54. The monoisotopic (exact) mass is 499 g/mol. The van der Waals surface area contributed by atoms with Crippen LogP contribution in [0, 0.1) is 0 Å². The number of piperazine rings is 1. The molecule has 9 heteroatoms. The number of benzene rings is 2. The molecule has 0 spiro atoms. The molecule has 1 fully saturated rings. The lowest BCUT2D eigenvalue weighted by Gasteiger charge is -2.36. The maximum Gasteiger partial charge on any atom is 0.303 e. The summed E-state index contributed by atoms with van der Waals surface area (Å²) < 4.78 is 11.0. The molecule has 0 aromatic heterocycles. The van der Waals surface area contributed by atoms with E-state index >= 15 is 0 Å². The summed E-state index contributed by atoms with van der Waals surface area (Å²) in [6.07, 6.45) is -0.945. The summed E-state index contributed by atoms with van der Waals surface area (Å²) in [7, 11) is 1.61. The van der Waals surface area contributed by atoms with Gasteiger partial charge in [-0.05, 0) is 29.8 Å². The molecule has 2 aliphatic heterocycles. The third-order valence-corrected chi connectivity index (χ3v) is 7.83. The van der Waals surface area contributed by atoms with Crippen LogP contribution in [0.3, 0.4) is 0 Å². The number of hydrogen-bond donors (Lipinski definition) is 1. The predicted molar refractivity (Wildman–Crippen MR) is 136 cm³/mol. The van der Waals surface area contributed by atoms with Crippen molar-refractivity contribution in [2.24, 2.45) is 0 Å². The fourth-order valence-corrected chi connectivity index (χ4v) is 5.88. The minimum atomic E-state index is -0.945. The second kappa shape index (κ2) is 11.9. The quantitative estimate of drug-likeness (QED) is 0.555. The van der Waals surface area contributed by atoms with Crippen LogP contribution in [-0.2, 0) is 14.3 Å². The summed E-state index contributed by atoms with van der Waals surface area (Å²) in [5.74, 6) is 0.0367. The number of esters is 1. The first-order valence-corrected chi connectivity index (χ1v) is 12.8. The van der Waals surface area contributed by atoms with Crippen molar-refractivity contribution in [3.63, 3.8) is 0 Å². The van der Waals surface area contributed by atoms with E-state index in [0.717, 1.165) is 54.6 Å². The summed E-state index contributed by atoms with van der Waals surface area (Å²) in [6, 6.07) is 15.4. The third-order valence-electron chi connectivity index (χ3n) is 6.45. The van der Waals surface area contributed by atoms with Gasteiger partial charge in [0.2, 0.25) is 0 Å². The topological polar surface area (TPSA) is 82.6 Å². The molecule has 0 unspecified atom stereocenters. The first-order valence-electron chi connectivity index (χ1n) is 11.9. The minimum absolute atomic E-state index is 0.170. The SMILES string of the molecule is COc1ccc([C@@H]2Sc3ccccc3N(CCN3CCN(CCO)CC3)C(=O)[C@@H]2OC(C)=O)cc1. The molecule has 1 N–H and O–H groups in total. The van der Waals surface area contributed by atoms with E-state index in [4.69, 9.17) is 9.47 Å². The molecule has 2 aromatic carbocycles. The fraction of sp³-hybridized carbons (Fsp3) is 0.462. The van der Waals surface area contributed by atoms with Crippen molar-refractivity contribution in [3.8, 4) is 5.75 Å². The molecule has 1 saturated heterocycles. The molecule has 0 aliphatic carbocycles. The highest BCUT2D eigenvalue weighted by atomic mass is 32.2. The Morgan fingerprint density at radius 3 is 2.29 bits per heavy atom. The lowest BCUT2D eigenvalue weighted by atomic mass is 10.1. The average molecular weight is 500 g/mol. The van der Waals surface area contributed by atoms with Crippen LogP contribution >= 0.6 is 11.8 Å². The van der Waals surface area contributed by atoms with Crippen LogP contribution in [0.25, 0.3) is 0 Å². The molecular formula is C26H33N3O5S. The Morgan fingerprint density at radius 1 is 1.00 bits per heavy atom. The van der Waals surface area contributed by atoms with Crippen LogP contribution in [0.1, 0.15) is 17.7 Å². The molecule has 2 aromatic rings. The molecular weight excluding hydrogens is 466 g/mol. The Kier molecular flexibility index (Phi) is 8.67. The maximum atomic E-state index is 13.9.